The van der Waals surface area contributed by atoms with Crippen LogP contribution in [-0.2, 0) is 11.2 Å². The Kier molecular flexibility index (Phi) is 4.80. The van der Waals surface area contributed by atoms with Crippen molar-refractivity contribution in [1.29, 1.82) is 0 Å². The summed E-state index contributed by atoms with van der Waals surface area (Å²) < 4.78 is 5.13. The Morgan fingerprint density at radius 3 is 2.53 bits per heavy atom. The summed E-state index contributed by atoms with van der Waals surface area (Å²) in [4.78, 5) is 13.0. The molecule has 4 nitrogen and oxygen atoms in total. The van der Waals surface area contributed by atoms with Gasteiger partial charge in [-0.25, -0.2) is 0 Å². The van der Waals surface area contributed by atoms with Crippen LogP contribution in [0.3, 0.4) is 0 Å². The summed E-state index contributed by atoms with van der Waals surface area (Å²) in [5, 5.41) is 8.77. The van der Waals surface area contributed by atoms with Gasteiger partial charge in [-0.2, -0.15) is 0 Å². The van der Waals surface area contributed by atoms with Crippen LogP contribution in [-0.4, -0.2) is 42.2 Å². The second-order valence-electron chi connectivity index (χ2n) is 5.01. The van der Waals surface area contributed by atoms with E-state index in [2.05, 4.69) is 17.0 Å². The standard InChI is InChI=1S/C15H21NO3/c1-19-14-6-2-12(3-7-14)8-10-16(13-4-5-13)11-9-15(17)18/h2-3,6-7,13H,4-5,8-11H2,1H3,(H,17,18). The van der Waals surface area contributed by atoms with Gasteiger partial charge in [-0.3, -0.25) is 9.69 Å². The number of carboxylic acids is 1. The second kappa shape index (κ2) is 6.57. The van der Waals surface area contributed by atoms with Gasteiger partial charge >= 0.3 is 5.97 Å². The van der Waals surface area contributed by atoms with E-state index in [1.165, 1.54) is 18.4 Å². The minimum absolute atomic E-state index is 0.235. The van der Waals surface area contributed by atoms with E-state index in [9.17, 15) is 4.79 Å². The Morgan fingerprint density at radius 2 is 2.00 bits per heavy atom. The molecular formula is C15H21NO3. The van der Waals surface area contributed by atoms with Crippen molar-refractivity contribution in [2.45, 2.75) is 31.7 Å². The summed E-state index contributed by atoms with van der Waals surface area (Å²) in [6.07, 6.45) is 3.61. The minimum Gasteiger partial charge on any atom is -0.497 e. The molecule has 0 spiro atoms. The maximum absolute atomic E-state index is 10.7. The lowest BCUT2D eigenvalue weighted by Crippen LogP contribution is -2.30. The number of rotatable bonds is 8. The van der Waals surface area contributed by atoms with Gasteiger partial charge in [0, 0.05) is 19.1 Å². The molecule has 1 aromatic carbocycles. The monoisotopic (exact) mass is 263 g/mol. The van der Waals surface area contributed by atoms with Crippen molar-refractivity contribution in [1.82, 2.24) is 4.90 Å². The molecule has 0 atom stereocenters. The molecule has 4 heteroatoms. The zero-order valence-corrected chi connectivity index (χ0v) is 11.3. The maximum atomic E-state index is 10.7. The maximum Gasteiger partial charge on any atom is 0.304 e. The lowest BCUT2D eigenvalue weighted by molar-refractivity contribution is -0.137. The normalized spacial score (nSPS) is 14.6. The van der Waals surface area contributed by atoms with E-state index in [0.29, 0.717) is 12.6 Å². The van der Waals surface area contributed by atoms with Gasteiger partial charge in [0.1, 0.15) is 5.75 Å². The van der Waals surface area contributed by atoms with Crippen LogP contribution < -0.4 is 4.74 Å². The topological polar surface area (TPSA) is 49.8 Å². The molecule has 104 valence electrons. The molecule has 0 aromatic heterocycles. The summed E-state index contributed by atoms with van der Waals surface area (Å²) in [7, 11) is 1.66. The summed E-state index contributed by atoms with van der Waals surface area (Å²) >= 11 is 0. The number of methoxy groups -OCH3 is 1. The van der Waals surface area contributed by atoms with Gasteiger partial charge < -0.3 is 9.84 Å². The molecule has 1 fully saturated rings. The zero-order chi connectivity index (χ0) is 13.7. The smallest absolute Gasteiger partial charge is 0.304 e. The molecule has 0 bridgehead atoms. The molecule has 1 aliphatic rings. The predicted molar refractivity (Wildman–Crippen MR) is 73.5 cm³/mol. The Labute approximate surface area is 114 Å². The summed E-state index contributed by atoms with van der Waals surface area (Å²) in [6, 6.07) is 8.68. The van der Waals surface area contributed by atoms with E-state index >= 15 is 0 Å². The number of aliphatic carboxylic acids is 1. The van der Waals surface area contributed by atoms with E-state index in [1.807, 2.05) is 12.1 Å². The largest absolute Gasteiger partial charge is 0.497 e. The third kappa shape index (κ3) is 4.56. The number of nitrogens with zero attached hydrogens (tertiary/aromatic N) is 1. The van der Waals surface area contributed by atoms with E-state index in [1.54, 1.807) is 7.11 Å². The molecule has 0 unspecified atom stereocenters. The van der Waals surface area contributed by atoms with Crippen molar-refractivity contribution in [3.8, 4) is 5.75 Å². The van der Waals surface area contributed by atoms with Gasteiger partial charge in [0.2, 0.25) is 0 Å². The Bertz CT molecular complexity index is 412. The van der Waals surface area contributed by atoms with E-state index in [4.69, 9.17) is 9.84 Å². The average Bonchev–Trinajstić information content (AvgIpc) is 3.23. The minimum atomic E-state index is -0.713. The second-order valence-corrected chi connectivity index (χ2v) is 5.01. The Balaban J connectivity index is 1.81. The van der Waals surface area contributed by atoms with Crippen molar-refractivity contribution >= 4 is 5.97 Å². The first kappa shape index (κ1) is 13.9. The molecule has 0 saturated heterocycles. The highest BCUT2D eigenvalue weighted by Gasteiger charge is 2.28. The fourth-order valence-electron chi connectivity index (χ4n) is 2.22. The number of carboxylic acid groups (broad SMARTS) is 1. The molecule has 1 N–H and O–H groups in total. The highest BCUT2D eigenvalue weighted by molar-refractivity contribution is 5.66. The van der Waals surface area contributed by atoms with Crippen molar-refractivity contribution in [2.75, 3.05) is 20.2 Å². The fraction of sp³-hybridized carbons (Fsp3) is 0.533. The molecule has 0 heterocycles. The van der Waals surface area contributed by atoms with Crippen LogP contribution in [0.15, 0.2) is 24.3 Å². The third-order valence-corrected chi connectivity index (χ3v) is 3.52. The Hall–Kier alpha value is -1.55. The van der Waals surface area contributed by atoms with Crippen molar-refractivity contribution in [3.63, 3.8) is 0 Å². The SMILES string of the molecule is COc1ccc(CCN(CCC(=O)O)C2CC2)cc1. The lowest BCUT2D eigenvalue weighted by atomic mass is 10.1. The van der Waals surface area contributed by atoms with Gasteiger partial charge in [-0.05, 0) is 37.0 Å². The summed E-state index contributed by atoms with van der Waals surface area (Å²) in [6.45, 7) is 1.60. The molecule has 1 aliphatic carbocycles. The van der Waals surface area contributed by atoms with E-state index in [-0.39, 0.29) is 6.42 Å². The molecule has 1 aromatic rings. The number of hydrogen-bond donors (Lipinski definition) is 1. The number of carbonyl (C=O) groups is 1. The van der Waals surface area contributed by atoms with Gasteiger partial charge in [-0.15, -0.1) is 0 Å². The number of hydrogen-bond acceptors (Lipinski definition) is 3. The van der Waals surface area contributed by atoms with E-state index < -0.39 is 5.97 Å². The van der Waals surface area contributed by atoms with Crippen molar-refractivity contribution < 1.29 is 14.6 Å². The fourth-order valence-corrected chi connectivity index (χ4v) is 2.22. The van der Waals surface area contributed by atoms with Crippen LogP contribution in [0.25, 0.3) is 0 Å². The van der Waals surface area contributed by atoms with Crippen LogP contribution >= 0.6 is 0 Å². The molecule has 0 radical (unpaired) electrons. The molecule has 0 amide bonds. The molecular weight excluding hydrogens is 242 g/mol. The van der Waals surface area contributed by atoms with Crippen LogP contribution in [0.2, 0.25) is 0 Å². The van der Waals surface area contributed by atoms with Crippen LogP contribution in [0, 0.1) is 0 Å². The molecule has 0 aliphatic heterocycles. The lowest BCUT2D eigenvalue weighted by Gasteiger charge is -2.21. The quantitative estimate of drug-likeness (QED) is 0.781. The number of ether oxygens (including phenoxy) is 1. The first-order valence-corrected chi connectivity index (χ1v) is 6.78. The zero-order valence-electron chi connectivity index (χ0n) is 11.3. The molecule has 2 rings (SSSR count). The average molecular weight is 263 g/mol. The first-order valence-electron chi connectivity index (χ1n) is 6.78. The summed E-state index contributed by atoms with van der Waals surface area (Å²) in [5.74, 6) is 0.156. The van der Waals surface area contributed by atoms with Gasteiger partial charge in [-0.1, -0.05) is 12.1 Å². The highest BCUT2D eigenvalue weighted by atomic mass is 16.5. The molecule has 1 saturated carbocycles. The Morgan fingerprint density at radius 1 is 1.32 bits per heavy atom. The summed E-state index contributed by atoms with van der Waals surface area (Å²) in [5.41, 5.74) is 1.27. The van der Waals surface area contributed by atoms with Gasteiger partial charge in [0.25, 0.3) is 0 Å². The van der Waals surface area contributed by atoms with E-state index in [0.717, 1.165) is 18.7 Å². The van der Waals surface area contributed by atoms with Gasteiger partial charge in [0.15, 0.2) is 0 Å². The third-order valence-electron chi connectivity index (χ3n) is 3.52. The van der Waals surface area contributed by atoms with Crippen molar-refractivity contribution in [2.24, 2.45) is 0 Å². The van der Waals surface area contributed by atoms with Crippen LogP contribution in [0.4, 0.5) is 0 Å². The highest BCUT2D eigenvalue weighted by Crippen LogP contribution is 2.27. The number of benzene rings is 1. The molecule has 19 heavy (non-hydrogen) atoms. The van der Waals surface area contributed by atoms with Crippen molar-refractivity contribution in [3.05, 3.63) is 29.8 Å². The predicted octanol–water partition coefficient (Wildman–Crippen LogP) is 2.18. The van der Waals surface area contributed by atoms with Crippen LogP contribution in [0.5, 0.6) is 5.75 Å². The van der Waals surface area contributed by atoms with Gasteiger partial charge in [0.05, 0.1) is 13.5 Å². The first-order chi connectivity index (χ1) is 9.19. The van der Waals surface area contributed by atoms with Crippen LogP contribution in [0.1, 0.15) is 24.8 Å².